The minimum atomic E-state index is -0.715. The van der Waals surface area contributed by atoms with Gasteiger partial charge in [-0.2, -0.15) is 0 Å². The first-order valence-electron chi connectivity index (χ1n) is 8.70. The Balaban J connectivity index is 1.67. The number of thiophene rings is 1. The van der Waals surface area contributed by atoms with E-state index in [4.69, 9.17) is 5.11 Å². The highest BCUT2D eigenvalue weighted by Crippen LogP contribution is 2.29. The molecular formula is C19H23N3O3S. The van der Waals surface area contributed by atoms with Crippen molar-refractivity contribution in [3.63, 3.8) is 0 Å². The lowest BCUT2D eigenvalue weighted by atomic mass is 9.98. The van der Waals surface area contributed by atoms with Gasteiger partial charge in [-0.1, -0.05) is 30.3 Å². The third-order valence-corrected chi connectivity index (χ3v) is 5.51. The monoisotopic (exact) mass is 373 g/mol. The summed E-state index contributed by atoms with van der Waals surface area (Å²) < 4.78 is 0. The van der Waals surface area contributed by atoms with Crippen molar-refractivity contribution in [3.05, 3.63) is 57.8 Å². The lowest BCUT2D eigenvalue weighted by Gasteiger charge is -2.35. The second kappa shape index (κ2) is 8.93. The number of hydrogen-bond acceptors (Lipinski definition) is 5. The van der Waals surface area contributed by atoms with Gasteiger partial charge < -0.3 is 15.7 Å². The van der Waals surface area contributed by atoms with Crippen molar-refractivity contribution in [2.75, 3.05) is 26.2 Å². The Kier molecular flexibility index (Phi) is 6.38. The van der Waals surface area contributed by atoms with Crippen LogP contribution >= 0.6 is 11.3 Å². The van der Waals surface area contributed by atoms with E-state index < -0.39 is 11.8 Å². The predicted molar refractivity (Wildman–Crippen MR) is 101 cm³/mol. The summed E-state index contributed by atoms with van der Waals surface area (Å²) in [6, 6.07) is 12.5. The molecule has 0 aliphatic carbocycles. The van der Waals surface area contributed by atoms with Crippen LogP contribution in [-0.2, 0) is 22.6 Å². The number of nitrogens with zero attached hydrogens (tertiary/aromatic N) is 1. The molecule has 1 aromatic heterocycles. The Morgan fingerprint density at radius 3 is 2.62 bits per heavy atom. The molecule has 0 radical (unpaired) electrons. The number of aliphatic hydroxyl groups excluding tert-OH is 1. The lowest BCUT2D eigenvalue weighted by molar-refractivity contribution is -0.139. The van der Waals surface area contributed by atoms with Crippen LogP contribution in [0.4, 0.5) is 0 Å². The normalized spacial score (nSPS) is 15.1. The molecular weight excluding hydrogens is 350 g/mol. The van der Waals surface area contributed by atoms with Crippen LogP contribution in [0.5, 0.6) is 0 Å². The van der Waals surface area contributed by atoms with E-state index in [1.54, 1.807) is 11.3 Å². The summed E-state index contributed by atoms with van der Waals surface area (Å²) in [5.74, 6) is -1.38. The van der Waals surface area contributed by atoms with Gasteiger partial charge in [-0.05, 0) is 29.0 Å². The Bertz CT molecular complexity index is 748. The van der Waals surface area contributed by atoms with Crippen LogP contribution < -0.4 is 10.6 Å². The average Bonchev–Trinajstić information content (AvgIpc) is 3.20. The number of fused-ring (bicyclic) bond motifs is 1. The van der Waals surface area contributed by atoms with Crippen molar-refractivity contribution in [1.29, 1.82) is 0 Å². The highest BCUT2D eigenvalue weighted by molar-refractivity contribution is 7.10. The third kappa shape index (κ3) is 4.49. The maximum Gasteiger partial charge on any atom is 0.309 e. The molecule has 3 rings (SSSR count). The summed E-state index contributed by atoms with van der Waals surface area (Å²) in [6.07, 6.45) is 0.975. The minimum absolute atomic E-state index is 0.0259. The summed E-state index contributed by atoms with van der Waals surface area (Å²) in [7, 11) is 0. The number of nitrogens with one attached hydrogen (secondary N) is 2. The zero-order valence-electron chi connectivity index (χ0n) is 14.5. The van der Waals surface area contributed by atoms with Gasteiger partial charge in [-0.15, -0.1) is 11.3 Å². The van der Waals surface area contributed by atoms with E-state index in [-0.39, 0.29) is 19.2 Å². The van der Waals surface area contributed by atoms with Gasteiger partial charge in [0.05, 0.1) is 12.6 Å². The fourth-order valence-corrected chi connectivity index (χ4v) is 4.05. The molecule has 1 aliphatic heterocycles. The zero-order valence-corrected chi connectivity index (χ0v) is 15.3. The quantitative estimate of drug-likeness (QED) is 0.662. The summed E-state index contributed by atoms with van der Waals surface area (Å²) >= 11 is 1.65. The molecule has 7 heteroatoms. The van der Waals surface area contributed by atoms with Crippen LogP contribution in [0.15, 0.2) is 41.8 Å². The molecule has 2 aromatic rings. The molecule has 1 atom stereocenters. The molecule has 6 nitrogen and oxygen atoms in total. The molecule has 138 valence electrons. The SMILES string of the molecule is O=C(NCCO)C(=O)NCC(c1cccs1)N1CCc2ccccc2C1. The van der Waals surface area contributed by atoms with E-state index in [0.717, 1.165) is 19.5 Å². The van der Waals surface area contributed by atoms with Crippen molar-refractivity contribution in [2.24, 2.45) is 0 Å². The van der Waals surface area contributed by atoms with Gasteiger partial charge in [-0.3, -0.25) is 14.5 Å². The maximum absolute atomic E-state index is 12.0. The fourth-order valence-electron chi connectivity index (χ4n) is 3.19. The molecule has 0 saturated carbocycles. The Hall–Kier alpha value is -2.22. The molecule has 0 fully saturated rings. The molecule has 1 aromatic carbocycles. The molecule has 2 heterocycles. The molecule has 1 unspecified atom stereocenters. The number of rotatable bonds is 6. The number of hydrogen-bond donors (Lipinski definition) is 3. The number of benzene rings is 1. The van der Waals surface area contributed by atoms with Crippen LogP contribution in [0.25, 0.3) is 0 Å². The predicted octanol–water partition coefficient (Wildman–Crippen LogP) is 1.07. The highest BCUT2D eigenvalue weighted by atomic mass is 32.1. The van der Waals surface area contributed by atoms with E-state index in [2.05, 4.69) is 45.9 Å². The van der Waals surface area contributed by atoms with Gasteiger partial charge in [0.2, 0.25) is 0 Å². The van der Waals surface area contributed by atoms with Crippen molar-refractivity contribution >= 4 is 23.2 Å². The van der Waals surface area contributed by atoms with E-state index in [9.17, 15) is 9.59 Å². The Morgan fingerprint density at radius 2 is 1.88 bits per heavy atom. The van der Waals surface area contributed by atoms with E-state index in [1.165, 1.54) is 16.0 Å². The maximum atomic E-state index is 12.0. The first-order valence-corrected chi connectivity index (χ1v) is 9.58. The summed E-state index contributed by atoms with van der Waals surface area (Å²) in [5, 5.41) is 15.9. The van der Waals surface area contributed by atoms with Gasteiger partial charge in [0, 0.05) is 31.1 Å². The number of aliphatic hydroxyl groups is 1. The lowest BCUT2D eigenvalue weighted by Crippen LogP contribution is -2.45. The van der Waals surface area contributed by atoms with Crippen LogP contribution in [-0.4, -0.2) is 48.1 Å². The molecule has 26 heavy (non-hydrogen) atoms. The second-order valence-corrected chi connectivity index (χ2v) is 7.19. The summed E-state index contributed by atoms with van der Waals surface area (Å²) in [6.45, 7) is 1.99. The van der Waals surface area contributed by atoms with E-state index in [0.29, 0.717) is 6.54 Å². The van der Waals surface area contributed by atoms with Crippen molar-refractivity contribution in [1.82, 2.24) is 15.5 Å². The molecule has 0 spiro atoms. The molecule has 0 saturated heterocycles. The van der Waals surface area contributed by atoms with Crippen LogP contribution in [0.3, 0.4) is 0 Å². The molecule has 3 N–H and O–H groups in total. The molecule has 1 aliphatic rings. The van der Waals surface area contributed by atoms with Crippen molar-refractivity contribution in [3.8, 4) is 0 Å². The van der Waals surface area contributed by atoms with Crippen LogP contribution in [0.2, 0.25) is 0 Å². The minimum Gasteiger partial charge on any atom is -0.395 e. The van der Waals surface area contributed by atoms with Gasteiger partial charge >= 0.3 is 11.8 Å². The first kappa shape index (κ1) is 18.6. The molecule has 0 bridgehead atoms. The standard InChI is InChI=1S/C19H23N3O3S/c23-10-8-20-18(24)19(25)21-12-16(17-6-3-11-26-17)22-9-7-14-4-1-2-5-15(14)13-22/h1-6,11,16,23H,7-10,12-13H2,(H,20,24)(H,21,25). The largest absolute Gasteiger partial charge is 0.395 e. The topological polar surface area (TPSA) is 81.7 Å². The van der Waals surface area contributed by atoms with Crippen molar-refractivity contribution < 1.29 is 14.7 Å². The number of carbonyl (C=O) groups excluding carboxylic acids is 2. The van der Waals surface area contributed by atoms with Crippen LogP contribution in [0.1, 0.15) is 22.0 Å². The average molecular weight is 373 g/mol. The second-order valence-electron chi connectivity index (χ2n) is 6.21. The highest BCUT2D eigenvalue weighted by Gasteiger charge is 2.26. The van der Waals surface area contributed by atoms with Crippen molar-refractivity contribution in [2.45, 2.75) is 19.0 Å². The van der Waals surface area contributed by atoms with E-state index in [1.807, 2.05) is 11.4 Å². The summed E-state index contributed by atoms with van der Waals surface area (Å²) in [4.78, 5) is 27.2. The van der Waals surface area contributed by atoms with Gasteiger partial charge in [0.15, 0.2) is 0 Å². The van der Waals surface area contributed by atoms with Crippen LogP contribution in [0, 0.1) is 0 Å². The number of carbonyl (C=O) groups is 2. The fraction of sp³-hybridized carbons (Fsp3) is 0.368. The number of amides is 2. The summed E-state index contributed by atoms with van der Waals surface area (Å²) in [5.41, 5.74) is 2.69. The smallest absolute Gasteiger partial charge is 0.309 e. The third-order valence-electron chi connectivity index (χ3n) is 4.53. The first-order chi connectivity index (χ1) is 12.7. The Labute approximate surface area is 156 Å². The zero-order chi connectivity index (χ0) is 18.4. The van der Waals surface area contributed by atoms with Gasteiger partial charge in [-0.25, -0.2) is 0 Å². The molecule has 2 amide bonds. The van der Waals surface area contributed by atoms with Gasteiger partial charge in [0.25, 0.3) is 0 Å². The Morgan fingerprint density at radius 1 is 1.12 bits per heavy atom. The van der Waals surface area contributed by atoms with E-state index >= 15 is 0 Å². The van der Waals surface area contributed by atoms with Gasteiger partial charge in [0.1, 0.15) is 0 Å².